The number of benzene rings is 1. The molecular weight excluding hydrogens is 310 g/mol. The molecule has 0 aliphatic heterocycles. The van der Waals surface area contributed by atoms with Crippen LogP contribution in [0.2, 0.25) is 0 Å². The topological polar surface area (TPSA) is 72.1 Å². The molecule has 134 valence electrons. The Bertz CT molecular complexity index is 585. The average Bonchev–Trinajstić information content (AvgIpc) is 2.51. The molecule has 1 aromatic carbocycles. The Morgan fingerprint density at radius 3 is 2.25 bits per heavy atom. The number of likely N-dealkylation sites (N-methyl/N-ethyl adjacent to an activating group) is 1. The maximum Gasteiger partial charge on any atom is 0.319 e. The van der Waals surface area contributed by atoms with E-state index in [1.54, 1.807) is 19.2 Å². The molecule has 2 amide bonds. The van der Waals surface area contributed by atoms with Crippen molar-refractivity contribution >= 4 is 11.7 Å². The lowest BCUT2D eigenvalue weighted by Crippen LogP contribution is -2.59. The fraction of sp³-hybridized carbons (Fsp3) is 0.588. The van der Waals surface area contributed by atoms with Gasteiger partial charge in [-0.3, -0.25) is 0 Å². The van der Waals surface area contributed by atoms with Crippen LogP contribution in [0.4, 0.5) is 10.5 Å². The Kier molecular flexibility index (Phi) is 5.77. The van der Waals surface area contributed by atoms with Gasteiger partial charge >= 0.3 is 6.03 Å². The number of methoxy groups -OCH3 is 3. The van der Waals surface area contributed by atoms with E-state index >= 15 is 0 Å². The summed E-state index contributed by atoms with van der Waals surface area (Å²) < 4.78 is 16.0. The van der Waals surface area contributed by atoms with E-state index in [0.29, 0.717) is 22.9 Å². The highest BCUT2D eigenvalue weighted by molar-refractivity contribution is 5.92. The van der Waals surface area contributed by atoms with Crippen LogP contribution in [0.5, 0.6) is 17.2 Å². The summed E-state index contributed by atoms with van der Waals surface area (Å²) in [4.78, 5) is 14.5. The number of carbonyl (C=O) groups is 1. The van der Waals surface area contributed by atoms with E-state index in [9.17, 15) is 4.79 Å². The Morgan fingerprint density at radius 2 is 1.79 bits per heavy atom. The summed E-state index contributed by atoms with van der Waals surface area (Å²) >= 11 is 0. The zero-order valence-electron chi connectivity index (χ0n) is 15.1. The molecule has 24 heavy (non-hydrogen) atoms. The number of ether oxygens (including phenoxy) is 3. The molecule has 0 bridgehead atoms. The minimum atomic E-state index is -0.248. The van der Waals surface area contributed by atoms with Gasteiger partial charge in [0.1, 0.15) is 0 Å². The second-order valence-corrected chi connectivity index (χ2v) is 6.33. The molecule has 0 saturated heterocycles. The number of anilines is 1. The lowest BCUT2D eigenvalue weighted by molar-refractivity contribution is 0.144. The fourth-order valence-corrected chi connectivity index (χ4v) is 3.13. The van der Waals surface area contributed by atoms with Crippen LogP contribution in [-0.2, 0) is 0 Å². The molecule has 1 aromatic rings. The highest BCUT2D eigenvalue weighted by Gasteiger charge is 2.38. The summed E-state index contributed by atoms with van der Waals surface area (Å²) in [6, 6.07) is 3.22. The first-order valence-corrected chi connectivity index (χ1v) is 7.97. The molecule has 1 saturated carbocycles. The molecule has 0 spiro atoms. The second-order valence-electron chi connectivity index (χ2n) is 6.33. The number of nitrogens with one attached hydrogen (secondary N) is 2. The van der Waals surface area contributed by atoms with Gasteiger partial charge in [-0.15, -0.1) is 0 Å². The molecular formula is C17H27N3O4. The van der Waals surface area contributed by atoms with Crippen LogP contribution in [0.3, 0.4) is 0 Å². The van der Waals surface area contributed by atoms with Crippen molar-refractivity contribution in [3.8, 4) is 17.2 Å². The van der Waals surface area contributed by atoms with Crippen molar-refractivity contribution in [3.63, 3.8) is 0 Å². The lowest BCUT2D eigenvalue weighted by atomic mass is 9.76. The maximum absolute atomic E-state index is 12.5. The summed E-state index contributed by atoms with van der Waals surface area (Å²) in [6.45, 7) is 0.823. The monoisotopic (exact) mass is 337 g/mol. The quantitative estimate of drug-likeness (QED) is 0.799. The number of carbonyl (C=O) groups excluding carboxylic acids is 1. The summed E-state index contributed by atoms with van der Waals surface area (Å²) in [5.74, 6) is 1.43. The van der Waals surface area contributed by atoms with E-state index in [2.05, 4.69) is 15.5 Å². The van der Waals surface area contributed by atoms with Gasteiger partial charge < -0.3 is 29.7 Å². The Hall–Kier alpha value is -2.15. The first kappa shape index (κ1) is 18.2. The van der Waals surface area contributed by atoms with Crippen LogP contribution in [0.15, 0.2) is 12.1 Å². The number of nitrogens with zero attached hydrogens (tertiary/aromatic N) is 1. The van der Waals surface area contributed by atoms with Gasteiger partial charge in [0.15, 0.2) is 11.5 Å². The largest absolute Gasteiger partial charge is 0.493 e. The third-order valence-corrected chi connectivity index (χ3v) is 4.26. The van der Waals surface area contributed by atoms with E-state index in [0.717, 1.165) is 25.8 Å². The highest BCUT2D eigenvalue weighted by Crippen LogP contribution is 2.42. The van der Waals surface area contributed by atoms with Gasteiger partial charge in [0.05, 0.1) is 32.6 Å². The van der Waals surface area contributed by atoms with Gasteiger partial charge in [-0.1, -0.05) is 0 Å². The third kappa shape index (κ3) is 3.84. The zero-order chi connectivity index (χ0) is 17.7. The molecule has 2 N–H and O–H groups in total. The van der Waals surface area contributed by atoms with E-state index in [-0.39, 0.29) is 11.6 Å². The molecule has 1 aliphatic rings. The zero-order valence-corrected chi connectivity index (χ0v) is 15.1. The average molecular weight is 337 g/mol. The van der Waals surface area contributed by atoms with Crippen molar-refractivity contribution in [1.82, 2.24) is 10.2 Å². The molecule has 0 unspecified atom stereocenters. The predicted octanol–water partition coefficient (Wildman–Crippen LogP) is 2.32. The molecule has 1 fully saturated rings. The third-order valence-electron chi connectivity index (χ3n) is 4.26. The molecule has 2 rings (SSSR count). The number of hydrogen-bond acceptors (Lipinski definition) is 5. The molecule has 7 nitrogen and oxygen atoms in total. The molecule has 7 heteroatoms. The number of rotatable bonds is 7. The lowest BCUT2D eigenvalue weighted by Gasteiger charge is -2.44. The van der Waals surface area contributed by atoms with E-state index in [1.807, 2.05) is 14.1 Å². The van der Waals surface area contributed by atoms with Crippen LogP contribution < -0.4 is 24.8 Å². The van der Waals surface area contributed by atoms with Crippen molar-refractivity contribution < 1.29 is 19.0 Å². The number of urea groups is 1. The molecule has 1 aliphatic carbocycles. The second kappa shape index (κ2) is 7.61. The van der Waals surface area contributed by atoms with Crippen LogP contribution >= 0.6 is 0 Å². The van der Waals surface area contributed by atoms with Crippen molar-refractivity contribution in [2.75, 3.05) is 47.3 Å². The predicted molar refractivity (Wildman–Crippen MR) is 93.4 cm³/mol. The van der Waals surface area contributed by atoms with Crippen LogP contribution in [0, 0.1) is 0 Å². The first-order valence-electron chi connectivity index (χ1n) is 7.97. The fourth-order valence-electron chi connectivity index (χ4n) is 3.13. The van der Waals surface area contributed by atoms with Crippen molar-refractivity contribution in [1.29, 1.82) is 0 Å². The van der Waals surface area contributed by atoms with Crippen LogP contribution in [-0.4, -0.2) is 58.4 Å². The number of amides is 2. The van der Waals surface area contributed by atoms with E-state index in [4.69, 9.17) is 14.2 Å². The Balaban J connectivity index is 2.14. The SMILES string of the molecule is COc1ccc(NC(=O)NC2(CN(C)C)CCC2)c(OC)c1OC. The molecule has 0 radical (unpaired) electrons. The highest BCUT2D eigenvalue weighted by atomic mass is 16.5. The Morgan fingerprint density at radius 1 is 1.12 bits per heavy atom. The Labute approximate surface area is 143 Å². The van der Waals surface area contributed by atoms with Gasteiger partial charge in [0.2, 0.25) is 5.75 Å². The van der Waals surface area contributed by atoms with Gasteiger partial charge in [-0.25, -0.2) is 4.79 Å². The summed E-state index contributed by atoms with van der Waals surface area (Å²) in [6.07, 6.45) is 3.11. The van der Waals surface area contributed by atoms with Crippen LogP contribution in [0.25, 0.3) is 0 Å². The summed E-state index contributed by atoms with van der Waals surface area (Å²) in [7, 11) is 8.64. The minimum Gasteiger partial charge on any atom is -0.493 e. The van der Waals surface area contributed by atoms with E-state index < -0.39 is 0 Å². The van der Waals surface area contributed by atoms with Crippen molar-refractivity contribution in [3.05, 3.63) is 12.1 Å². The van der Waals surface area contributed by atoms with Crippen LogP contribution in [0.1, 0.15) is 19.3 Å². The standard InChI is InChI=1S/C17H27N3O4/c1-20(2)11-17(9-6-10-17)19-16(21)18-12-7-8-13(22-3)15(24-5)14(12)23-4/h7-8H,6,9-11H2,1-5H3,(H2,18,19,21). The number of hydrogen-bond donors (Lipinski definition) is 2. The molecule has 0 aromatic heterocycles. The van der Waals surface area contributed by atoms with Gasteiger partial charge in [-0.2, -0.15) is 0 Å². The van der Waals surface area contributed by atoms with Crippen molar-refractivity contribution in [2.24, 2.45) is 0 Å². The van der Waals surface area contributed by atoms with E-state index in [1.165, 1.54) is 14.2 Å². The maximum atomic E-state index is 12.5. The van der Waals surface area contributed by atoms with Crippen molar-refractivity contribution in [2.45, 2.75) is 24.8 Å². The van der Waals surface area contributed by atoms with Gasteiger partial charge in [0, 0.05) is 6.54 Å². The molecule has 0 heterocycles. The smallest absolute Gasteiger partial charge is 0.319 e. The summed E-state index contributed by atoms with van der Waals surface area (Å²) in [5, 5.41) is 5.96. The minimum absolute atomic E-state index is 0.155. The summed E-state index contributed by atoms with van der Waals surface area (Å²) in [5.41, 5.74) is 0.379. The molecule has 0 atom stereocenters. The normalized spacial score (nSPS) is 15.4. The van der Waals surface area contributed by atoms with Gasteiger partial charge in [-0.05, 0) is 45.5 Å². The first-order chi connectivity index (χ1) is 11.4. The van der Waals surface area contributed by atoms with Gasteiger partial charge in [0.25, 0.3) is 0 Å².